The zero-order valence-electron chi connectivity index (χ0n) is 13.9. The van der Waals surface area contributed by atoms with Crippen molar-refractivity contribution in [1.82, 2.24) is 15.5 Å². The zero-order valence-corrected chi connectivity index (χ0v) is 14.7. The molecule has 1 saturated carbocycles. The molecule has 1 atom stereocenters. The minimum absolute atomic E-state index is 0.0789. The molecule has 2 N–H and O–H groups in total. The number of carbonyl (C=O) groups is 1. The summed E-state index contributed by atoms with van der Waals surface area (Å²) in [5, 5.41) is 10.9. The van der Waals surface area contributed by atoms with Gasteiger partial charge in [0.2, 0.25) is 11.8 Å². The standard InChI is InChI=1S/C18H21ClN4O2/c19-13-6-7-14-12(8-13)9-15(21-14)18(24)20-10-16-22-17(23-25-16)11-4-2-1-3-5-11/h6-8,11,15,21H,1-5,9-10H2,(H,20,24)/t15-/m1/s1. The molecule has 25 heavy (non-hydrogen) atoms. The van der Waals surface area contributed by atoms with Gasteiger partial charge in [0.25, 0.3) is 0 Å². The van der Waals surface area contributed by atoms with Gasteiger partial charge in [-0.2, -0.15) is 4.98 Å². The fraction of sp³-hybridized carbons (Fsp3) is 0.500. The van der Waals surface area contributed by atoms with Crippen LogP contribution in [0.4, 0.5) is 5.69 Å². The Kier molecular flexibility index (Phi) is 4.61. The lowest BCUT2D eigenvalue weighted by Crippen LogP contribution is -2.38. The topological polar surface area (TPSA) is 80.1 Å². The summed E-state index contributed by atoms with van der Waals surface area (Å²) in [5.74, 6) is 1.57. The third-order valence-electron chi connectivity index (χ3n) is 5.01. The predicted molar refractivity (Wildman–Crippen MR) is 94.5 cm³/mol. The highest BCUT2D eigenvalue weighted by Crippen LogP contribution is 2.31. The summed E-state index contributed by atoms with van der Waals surface area (Å²) in [7, 11) is 0. The van der Waals surface area contributed by atoms with Crippen LogP contribution in [0, 0.1) is 0 Å². The molecule has 132 valence electrons. The Morgan fingerprint density at radius 2 is 2.16 bits per heavy atom. The number of nitrogens with zero attached hydrogens (tertiary/aromatic N) is 2. The Labute approximate surface area is 151 Å². The Morgan fingerprint density at radius 1 is 1.32 bits per heavy atom. The van der Waals surface area contributed by atoms with Gasteiger partial charge in [-0.05, 0) is 36.6 Å². The molecular formula is C18H21ClN4O2. The summed E-state index contributed by atoms with van der Waals surface area (Å²) < 4.78 is 5.29. The third kappa shape index (κ3) is 3.63. The summed E-state index contributed by atoms with van der Waals surface area (Å²) in [6.07, 6.45) is 6.61. The quantitative estimate of drug-likeness (QED) is 0.873. The van der Waals surface area contributed by atoms with Gasteiger partial charge in [0.15, 0.2) is 5.82 Å². The highest BCUT2D eigenvalue weighted by atomic mass is 35.5. The first-order valence-corrected chi connectivity index (χ1v) is 9.22. The van der Waals surface area contributed by atoms with Crippen LogP contribution in [0.3, 0.4) is 0 Å². The first-order valence-electron chi connectivity index (χ1n) is 8.84. The summed E-state index contributed by atoms with van der Waals surface area (Å²) in [6, 6.07) is 5.32. The van der Waals surface area contributed by atoms with Gasteiger partial charge in [-0.15, -0.1) is 0 Å². The highest BCUT2D eigenvalue weighted by Gasteiger charge is 2.27. The normalized spacial score (nSPS) is 20.1. The average molecular weight is 361 g/mol. The van der Waals surface area contributed by atoms with Crippen molar-refractivity contribution in [2.24, 2.45) is 0 Å². The van der Waals surface area contributed by atoms with Crippen LogP contribution in [-0.4, -0.2) is 22.1 Å². The molecule has 0 radical (unpaired) electrons. The van der Waals surface area contributed by atoms with Gasteiger partial charge in [0, 0.05) is 23.0 Å². The maximum atomic E-state index is 12.4. The SMILES string of the molecule is O=C(NCc1nc(C2CCCCC2)no1)[C@H]1Cc2cc(Cl)ccc2N1. The van der Waals surface area contributed by atoms with Crippen LogP contribution in [0.5, 0.6) is 0 Å². The van der Waals surface area contributed by atoms with E-state index in [1.54, 1.807) is 0 Å². The number of hydrogen-bond acceptors (Lipinski definition) is 5. The second-order valence-corrected chi connectivity index (χ2v) is 7.24. The lowest BCUT2D eigenvalue weighted by atomic mass is 9.89. The van der Waals surface area contributed by atoms with Crippen molar-refractivity contribution in [2.45, 2.75) is 57.0 Å². The van der Waals surface area contributed by atoms with Crippen LogP contribution < -0.4 is 10.6 Å². The lowest BCUT2D eigenvalue weighted by Gasteiger charge is -2.17. The molecule has 0 spiro atoms. The molecule has 0 bridgehead atoms. The summed E-state index contributed by atoms with van der Waals surface area (Å²) in [6.45, 7) is 0.258. The Hall–Kier alpha value is -2.08. The predicted octanol–water partition coefficient (Wildman–Crippen LogP) is 3.42. The van der Waals surface area contributed by atoms with E-state index in [0.29, 0.717) is 23.3 Å². The number of aromatic nitrogens is 2. The van der Waals surface area contributed by atoms with E-state index in [1.165, 1.54) is 19.3 Å². The van der Waals surface area contributed by atoms with E-state index >= 15 is 0 Å². The molecule has 2 aromatic rings. The van der Waals surface area contributed by atoms with Crippen molar-refractivity contribution in [3.8, 4) is 0 Å². The van der Waals surface area contributed by atoms with Crippen molar-refractivity contribution < 1.29 is 9.32 Å². The number of halogens is 1. The number of hydrogen-bond donors (Lipinski definition) is 2. The van der Waals surface area contributed by atoms with Crippen LogP contribution in [0.25, 0.3) is 0 Å². The van der Waals surface area contributed by atoms with Crippen molar-refractivity contribution in [3.05, 3.63) is 40.5 Å². The van der Waals surface area contributed by atoms with Crippen LogP contribution in [0.2, 0.25) is 5.02 Å². The van der Waals surface area contributed by atoms with Gasteiger partial charge in [-0.1, -0.05) is 36.0 Å². The molecule has 1 aliphatic heterocycles. The van der Waals surface area contributed by atoms with E-state index < -0.39 is 0 Å². The second kappa shape index (κ2) is 7.04. The Bertz CT molecular complexity index is 770. The molecule has 7 heteroatoms. The fourth-order valence-electron chi connectivity index (χ4n) is 3.64. The smallest absolute Gasteiger partial charge is 0.246 e. The van der Waals surface area contributed by atoms with Crippen molar-refractivity contribution in [3.63, 3.8) is 0 Å². The lowest BCUT2D eigenvalue weighted by molar-refractivity contribution is -0.122. The molecule has 2 aliphatic rings. The number of benzene rings is 1. The summed E-state index contributed by atoms with van der Waals surface area (Å²) >= 11 is 6.00. The molecule has 2 heterocycles. The van der Waals surface area contributed by atoms with Gasteiger partial charge in [0.1, 0.15) is 6.04 Å². The molecule has 1 aromatic heterocycles. The number of anilines is 1. The molecule has 0 saturated heterocycles. The molecule has 1 aromatic carbocycles. The molecule has 1 aliphatic carbocycles. The largest absolute Gasteiger partial charge is 0.373 e. The van der Waals surface area contributed by atoms with Crippen molar-refractivity contribution in [2.75, 3.05) is 5.32 Å². The molecule has 0 unspecified atom stereocenters. The van der Waals surface area contributed by atoms with Gasteiger partial charge in [0.05, 0.1) is 6.54 Å². The minimum atomic E-state index is -0.297. The summed E-state index contributed by atoms with van der Waals surface area (Å²) in [5.41, 5.74) is 2.02. The van der Waals surface area contributed by atoms with Crippen LogP contribution >= 0.6 is 11.6 Å². The maximum Gasteiger partial charge on any atom is 0.246 e. The molecule has 4 rings (SSSR count). The molecule has 6 nitrogen and oxygen atoms in total. The van der Waals surface area contributed by atoms with E-state index in [-0.39, 0.29) is 18.5 Å². The summed E-state index contributed by atoms with van der Waals surface area (Å²) in [4.78, 5) is 16.8. The number of fused-ring (bicyclic) bond motifs is 1. The van der Waals surface area contributed by atoms with E-state index in [9.17, 15) is 4.79 Å². The molecular weight excluding hydrogens is 340 g/mol. The van der Waals surface area contributed by atoms with Crippen LogP contribution in [0.15, 0.2) is 22.7 Å². The van der Waals surface area contributed by atoms with Crippen molar-refractivity contribution >= 4 is 23.2 Å². The minimum Gasteiger partial charge on any atom is -0.373 e. The van der Waals surface area contributed by atoms with Crippen LogP contribution in [0.1, 0.15) is 55.3 Å². The maximum absolute atomic E-state index is 12.4. The van der Waals surface area contributed by atoms with Crippen molar-refractivity contribution in [1.29, 1.82) is 0 Å². The van der Waals surface area contributed by atoms with Gasteiger partial charge < -0.3 is 15.2 Å². The first kappa shape index (κ1) is 16.4. The van der Waals surface area contributed by atoms with Gasteiger partial charge in [-0.3, -0.25) is 4.79 Å². The number of nitrogens with one attached hydrogen (secondary N) is 2. The Balaban J connectivity index is 1.31. The van der Waals surface area contributed by atoms with E-state index in [1.807, 2.05) is 18.2 Å². The first-order chi connectivity index (χ1) is 12.2. The highest BCUT2D eigenvalue weighted by molar-refractivity contribution is 6.30. The second-order valence-electron chi connectivity index (χ2n) is 6.80. The Morgan fingerprint density at radius 3 is 3.00 bits per heavy atom. The molecule has 1 amide bonds. The van der Waals surface area contributed by atoms with E-state index in [2.05, 4.69) is 20.8 Å². The number of carbonyl (C=O) groups excluding carboxylic acids is 1. The van der Waals surface area contributed by atoms with E-state index in [0.717, 1.165) is 29.9 Å². The molecule has 1 fully saturated rings. The number of rotatable bonds is 4. The fourth-order valence-corrected chi connectivity index (χ4v) is 3.84. The van der Waals surface area contributed by atoms with Gasteiger partial charge >= 0.3 is 0 Å². The number of amides is 1. The van der Waals surface area contributed by atoms with E-state index in [4.69, 9.17) is 16.1 Å². The third-order valence-corrected chi connectivity index (χ3v) is 5.24. The zero-order chi connectivity index (χ0) is 17.2. The monoisotopic (exact) mass is 360 g/mol. The average Bonchev–Trinajstić information content (AvgIpc) is 3.27. The van der Waals surface area contributed by atoms with Crippen LogP contribution in [-0.2, 0) is 17.8 Å². The van der Waals surface area contributed by atoms with Gasteiger partial charge in [-0.25, -0.2) is 0 Å².